The summed E-state index contributed by atoms with van der Waals surface area (Å²) in [6, 6.07) is 1.68. The summed E-state index contributed by atoms with van der Waals surface area (Å²) >= 11 is 15.3. The maximum absolute atomic E-state index is 10.8. The zero-order valence-electron chi connectivity index (χ0n) is 5.94. The van der Waals surface area contributed by atoms with E-state index in [9.17, 15) is 4.79 Å². The molecule has 0 radical (unpaired) electrons. The summed E-state index contributed by atoms with van der Waals surface area (Å²) in [6.07, 6.45) is 0. The molecule has 1 aromatic carbocycles. The van der Waals surface area contributed by atoms with Crippen molar-refractivity contribution in [3.63, 3.8) is 0 Å². The van der Waals surface area contributed by atoms with Crippen LogP contribution in [0.3, 0.4) is 0 Å². The fourth-order valence-corrected chi connectivity index (χ4v) is 2.75. The molecule has 0 saturated carbocycles. The molecule has 0 amide bonds. The van der Waals surface area contributed by atoms with Crippen molar-refractivity contribution < 1.29 is 9.90 Å². The highest BCUT2D eigenvalue weighted by Gasteiger charge is 2.18. The van der Waals surface area contributed by atoms with E-state index in [1.165, 1.54) is 0 Å². The third-order valence-corrected chi connectivity index (χ3v) is 4.55. The fraction of sp³-hybridized carbons (Fsp3) is 0. The van der Waals surface area contributed by atoms with Crippen molar-refractivity contribution in [1.82, 2.24) is 0 Å². The lowest BCUT2D eigenvalue weighted by Crippen LogP contribution is -2.00. The van der Waals surface area contributed by atoms with Crippen LogP contribution in [0.2, 0.25) is 5.02 Å². The molecule has 1 rings (SSSR count). The van der Waals surface area contributed by atoms with Gasteiger partial charge in [0.15, 0.2) is 0 Å². The Morgan fingerprint density at radius 1 is 1.31 bits per heavy atom. The third-order valence-electron chi connectivity index (χ3n) is 1.33. The molecule has 1 N–H and O–H groups in total. The largest absolute Gasteiger partial charge is 0.478 e. The van der Waals surface area contributed by atoms with Crippen LogP contribution in [0.5, 0.6) is 0 Å². The Kier molecular flexibility index (Phi) is 3.80. The van der Waals surface area contributed by atoms with E-state index in [0.717, 1.165) is 0 Å². The molecule has 13 heavy (non-hydrogen) atoms. The highest BCUT2D eigenvalue weighted by Crippen LogP contribution is 2.37. The first-order valence-corrected chi connectivity index (χ1v) is 5.77. The van der Waals surface area contributed by atoms with Gasteiger partial charge in [0.1, 0.15) is 0 Å². The van der Waals surface area contributed by atoms with Crippen LogP contribution in [0.1, 0.15) is 10.4 Å². The first-order chi connectivity index (χ1) is 5.95. The molecule has 0 saturated heterocycles. The van der Waals surface area contributed by atoms with Gasteiger partial charge in [0, 0.05) is 13.4 Å². The van der Waals surface area contributed by atoms with Crippen LogP contribution in [-0.4, -0.2) is 11.1 Å². The zero-order chi connectivity index (χ0) is 10.2. The number of carboxylic acid groups (broad SMARTS) is 1. The van der Waals surface area contributed by atoms with Gasteiger partial charge in [-0.25, -0.2) is 4.79 Å². The first kappa shape index (κ1) is 11.5. The van der Waals surface area contributed by atoms with Gasteiger partial charge in [-0.05, 0) is 53.9 Å². The third kappa shape index (κ3) is 2.26. The Morgan fingerprint density at radius 3 is 2.31 bits per heavy atom. The minimum atomic E-state index is -1.07. The minimum absolute atomic E-state index is 0.0444. The molecule has 0 unspecified atom stereocenters. The van der Waals surface area contributed by atoms with Crippen molar-refractivity contribution in [2.45, 2.75) is 0 Å². The summed E-state index contributed by atoms with van der Waals surface area (Å²) in [5, 5.41) is 9.02. The van der Waals surface area contributed by atoms with Crippen LogP contribution < -0.4 is 0 Å². The van der Waals surface area contributed by atoms with Gasteiger partial charge in [0.05, 0.1) is 10.6 Å². The van der Waals surface area contributed by atoms with Crippen LogP contribution >= 0.6 is 59.4 Å². The van der Waals surface area contributed by atoms with Crippen molar-refractivity contribution in [1.29, 1.82) is 0 Å². The van der Waals surface area contributed by atoms with Gasteiger partial charge in [-0.2, -0.15) is 0 Å². The zero-order valence-corrected chi connectivity index (χ0v) is 11.5. The van der Waals surface area contributed by atoms with Crippen LogP contribution in [0.25, 0.3) is 0 Å². The van der Waals surface area contributed by atoms with Gasteiger partial charge in [-0.1, -0.05) is 11.6 Å². The van der Waals surface area contributed by atoms with Crippen molar-refractivity contribution in [2.75, 3.05) is 0 Å². The lowest BCUT2D eigenvalue weighted by atomic mass is 10.2. The van der Waals surface area contributed by atoms with Crippen molar-refractivity contribution in [2.24, 2.45) is 0 Å². The van der Waals surface area contributed by atoms with E-state index in [2.05, 4.69) is 47.8 Å². The van der Waals surface area contributed by atoms with Crippen molar-refractivity contribution >= 4 is 65.4 Å². The molecule has 0 aliphatic heterocycles. The predicted molar refractivity (Wildman–Crippen MR) is 61.5 cm³/mol. The molecule has 1 aromatic rings. The highest BCUT2D eigenvalue weighted by atomic mass is 79.9. The smallest absolute Gasteiger partial charge is 0.338 e. The molecule has 0 aromatic heterocycles. The highest BCUT2D eigenvalue weighted by molar-refractivity contribution is 9.13. The second kappa shape index (κ2) is 4.29. The van der Waals surface area contributed by atoms with Crippen LogP contribution in [-0.2, 0) is 0 Å². The normalized spacial score (nSPS) is 10.2. The minimum Gasteiger partial charge on any atom is -0.478 e. The number of aromatic carboxylic acids is 1. The van der Waals surface area contributed by atoms with Gasteiger partial charge < -0.3 is 5.11 Å². The van der Waals surface area contributed by atoms with E-state index < -0.39 is 5.97 Å². The lowest BCUT2D eigenvalue weighted by molar-refractivity contribution is 0.0696. The fourth-order valence-electron chi connectivity index (χ4n) is 0.761. The molecule has 0 atom stereocenters. The van der Waals surface area contributed by atoms with Crippen molar-refractivity contribution in [3.8, 4) is 0 Å². The molecule has 70 valence electrons. The SMILES string of the molecule is O=C(O)c1c(Cl)c(Br)cc(Br)c1Br. The molecule has 0 fully saturated rings. The Labute approximate surface area is 105 Å². The summed E-state index contributed by atoms with van der Waals surface area (Å²) in [4.78, 5) is 10.8. The Bertz CT molecular complexity index is 352. The van der Waals surface area contributed by atoms with Gasteiger partial charge >= 0.3 is 5.97 Å². The number of hydrogen-bond donors (Lipinski definition) is 1. The molecular formula is C7H2Br3ClO2. The molecule has 6 heteroatoms. The molecule has 0 spiro atoms. The number of hydrogen-bond acceptors (Lipinski definition) is 1. The maximum atomic E-state index is 10.8. The Morgan fingerprint density at radius 2 is 1.85 bits per heavy atom. The van der Waals surface area contributed by atoms with Gasteiger partial charge in [0.2, 0.25) is 0 Å². The number of carbonyl (C=O) groups is 1. The molecule has 0 bridgehead atoms. The Balaban J connectivity index is 3.56. The standard InChI is InChI=1S/C7H2Br3ClO2/c8-2-1-3(9)6(11)4(5(2)10)7(12)13/h1H,(H,12,13). The molecule has 0 aliphatic carbocycles. The summed E-state index contributed by atoms with van der Waals surface area (Å²) in [7, 11) is 0. The molecule has 0 heterocycles. The lowest BCUT2D eigenvalue weighted by Gasteiger charge is -2.06. The summed E-state index contributed by atoms with van der Waals surface area (Å²) in [5.41, 5.74) is 0.0444. The van der Waals surface area contributed by atoms with Gasteiger partial charge in [0.25, 0.3) is 0 Å². The summed E-state index contributed by atoms with van der Waals surface area (Å²) in [5.74, 6) is -1.07. The van der Waals surface area contributed by atoms with E-state index in [4.69, 9.17) is 16.7 Å². The molecule has 0 aliphatic rings. The van der Waals surface area contributed by atoms with Crippen LogP contribution in [0.4, 0.5) is 0 Å². The van der Waals surface area contributed by atoms with E-state index in [-0.39, 0.29) is 10.6 Å². The summed E-state index contributed by atoms with van der Waals surface area (Å²) in [6.45, 7) is 0. The average Bonchev–Trinajstić information content (AvgIpc) is 2.01. The first-order valence-electron chi connectivity index (χ1n) is 3.01. The number of halogens is 4. The number of rotatable bonds is 1. The summed E-state index contributed by atoms with van der Waals surface area (Å²) < 4.78 is 1.62. The monoisotopic (exact) mass is 390 g/mol. The topological polar surface area (TPSA) is 37.3 Å². The quantitative estimate of drug-likeness (QED) is 0.722. The van der Waals surface area contributed by atoms with Crippen molar-refractivity contribution in [3.05, 3.63) is 30.1 Å². The van der Waals surface area contributed by atoms with Crippen LogP contribution in [0.15, 0.2) is 19.5 Å². The maximum Gasteiger partial charge on any atom is 0.338 e. The van der Waals surface area contributed by atoms with Gasteiger partial charge in [-0.15, -0.1) is 0 Å². The van der Waals surface area contributed by atoms with E-state index in [1.807, 2.05) is 0 Å². The van der Waals surface area contributed by atoms with E-state index in [0.29, 0.717) is 13.4 Å². The van der Waals surface area contributed by atoms with E-state index in [1.54, 1.807) is 6.07 Å². The average molecular weight is 393 g/mol. The molecular weight excluding hydrogens is 391 g/mol. The second-order valence-corrected chi connectivity index (χ2v) is 5.03. The van der Waals surface area contributed by atoms with E-state index >= 15 is 0 Å². The molecule has 2 nitrogen and oxygen atoms in total. The van der Waals surface area contributed by atoms with Gasteiger partial charge in [-0.3, -0.25) is 0 Å². The predicted octanol–water partition coefficient (Wildman–Crippen LogP) is 4.33. The number of benzene rings is 1. The number of carboxylic acids is 1. The Hall–Kier alpha value is 0.420. The second-order valence-electron chi connectivity index (χ2n) is 2.15. The van der Waals surface area contributed by atoms with Crippen LogP contribution in [0, 0.1) is 0 Å².